The fourth-order valence-electron chi connectivity index (χ4n) is 3.23. The highest BCUT2D eigenvalue weighted by atomic mass is 16.5. The van der Waals surface area contributed by atoms with E-state index in [-0.39, 0.29) is 0 Å². The molecule has 2 aromatic rings. The molecule has 1 saturated heterocycles. The summed E-state index contributed by atoms with van der Waals surface area (Å²) < 4.78 is 5.22. The monoisotopic (exact) mass is 312 g/mol. The summed E-state index contributed by atoms with van der Waals surface area (Å²) in [6.07, 6.45) is 2.26. The molecule has 1 aromatic carbocycles. The molecule has 3 rings (SSSR count). The predicted octanol–water partition coefficient (Wildman–Crippen LogP) is 2.75. The molecule has 0 bridgehead atoms. The van der Waals surface area contributed by atoms with Crippen molar-refractivity contribution in [3.63, 3.8) is 0 Å². The van der Waals surface area contributed by atoms with Gasteiger partial charge < -0.3 is 15.4 Å². The fourth-order valence-corrected chi connectivity index (χ4v) is 3.23. The van der Waals surface area contributed by atoms with E-state index >= 15 is 0 Å². The van der Waals surface area contributed by atoms with Crippen molar-refractivity contribution in [2.75, 3.05) is 30.8 Å². The van der Waals surface area contributed by atoms with Gasteiger partial charge in [0.2, 0.25) is 5.95 Å². The summed E-state index contributed by atoms with van der Waals surface area (Å²) in [5.41, 5.74) is 9.27. The molecule has 1 aliphatic rings. The Morgan fingerprint density at radius 1 is 1.22 bits per heavy atom. The van der Waals surface area contributed by atoms with E-state index in [0.717, 1.165) is 42.3 Å². The number of nitrogen functional groups attached to an aromatic ring is 1. The summed E-state index contributed by atoms with van der Waals surface area (Å²) in [7, 11) is 1.70. The van der Waals surface area contributed by atoms with Crippen LogP contribution in [-0.2, 0) is 6.42 Å². The third-order valence-corrected chi connectivity index (χ3v) is 4.65. The molecule has 0 aliphatic carbocycles. The molecule has 0 amide bonds. The number of nitrogens with zero attached hydrogens (tertiary/aromatic N) is 3. The van der Waals surface area contributed by atoms with Gasteiger partial charge in [-0.1, -0.05) is 12.1 Å². The Balaban J connectivity index is 1.68. The largest absolute Gasteiger partial charge is 0.497 e. The molecule has 1 atom stereocenters. The van der Waals surface area contributed by atoms with Crippen LogP contribution in [0.15, 0.2) is 24.3 Å². The minimum Gasteiger partial charge on any atom is -0.497 e. The molecule has 1 aromatic heterocycles. The van der Waals surface area contributed by atoms with Crippen LogP contribution in [0.4, 0.5) is 11.8 Å². The summed E-state index contributed by atoms with van der Waals surface area (Å²) in [6, 6.07) is 8.36. The molecule has 1 fully saturated rings. The van der Waals surface area contributed by atoms with Gasteiger partial charge >= 0.3 is 0 Å². The number of benzene rings is 1. The maximum absolute atomic E-state index is 5.82. The van der Waals surface area contributed by atoms with Gasteiger partial charge in [-0.15, -0.1) is 0 Å². The molecule has 0 spiro atoms. The van der Waals surface area contributed by atoms with E-state index < -0.39 is 0 Å². The molecule has 5 nitrogen and oxygen atoms in total. The number of aryl methyl sites for hydroxylation is 1. The molecule has 0 saturated carbocycles. The highest BCUT2D eigenvalue weighted by Gasteiger charge is 2.25. The number of hydrogen-bond acceptors (Lipinski definition) is 5. The average molecular weight is 312 g/mol. The van der Waals surface area contributed by atoms with Crippen LogP contribution in [0.2, 0.25) is 0 Å². The Hall–Kier alpha value is -2.30. The molecule has 122 valence electrons. The van der Waals surface area contributed by atoms with Crippen molar-refractivity contribution in [2.45, 2.75) is 26.7 Å². The SMILES string of the molecule is COc1ccc(CC2CCN(c3nc(N)nc(C)c3C)C2)cc1. The molecule has 23 heavy (non-hydrogen) atoms. The van der Waals surface area contributed by atoms with Crippen LogP contribution in [0.1, 0.15) is 23.2 Å². The van der Waals surface area contributed by atoms with Crippen molar-refractivity contribution >= 4 is 11.8 Å². The number of nitrogens with two attached hydrogens (primary N) is 1. The second kappa shape index (κ2) is 6.44. The summed E-state index contributed by atoms with van der Waals surface area (Å²) in [6.45, 7) is 6.10. The first-order chi connectivity index (χ1) is 11.1. The predicted molar refractivity (Wildman–Crippen MR) is 92.9 cm³/mol. The topological polar surface area (TPSA) is 64.3 Å². The van der Waals surface area contributed by atoms with E-state index in [1.165, 1.54) is 12.0 Å². The number of aromatic nitrogens is 2. The number of rotatable bonds is 4. The Morgan fingerprint density at radius 3 is 2.65 bits per heavy atom. The quantitative estimate of drug-likeness (QED) is 0.940. The van der Waals surface area contributed by atoms with Gasteiger partial charge in [-0.05, 0) is 50.3 Å². The number of ether oxygens (including phenoxy) is 1. The second-order valence-electron chi connectivity index (χ2n) is 6.27. The fraction of sp³-hybridized carbons (Fsp3) is 0.444. The highest BCUT2D eigenvalue weighted by molar-refractivity contribution is 5.51. The van der Waals surface area contributed by atoms with Crippen molar-refractivity contribution in [3.05, 3.63) is 41.1 Å². The average Bonchev–Trinajstić information content (AvgIpc) is 3.00. The summed E-state index contributed by atoms with van der Waals surface area (Å²) in [5.74, 6) is 2.90. The van der Waals surface area contributed by atoms with E-state index in [4.69, 9.17) is 10.5 Å². The number of methoxy groups -OCH3 is 1. The standard InChI is InChI=1S/C18H24N4O/c1-12-13(2)20-18(19)21-17(12)22-9-8-15(11-22)10-14-4-6-16(23-3)7-5-14/h4-7,15H,8-11H2,1-3H3,(H2,19,20,21). The van der Waals surface area contributed by atoms with Gasteiger partial charge in [0, 0.05) is 24.3 Å². The van der Waals surface area contributed by atoms with E-state index in [2.05, 4.69) is 33.9 Å². The van der Waals surface area contributed by atoms with Crippen molar-refractivity contribution in [2.24, 2.45) is 5.92 Å². The molecule has 2 heterocycles. The lowest BCUT2D eigenvalue weighted by atomic mass is 9.99. The van der Waals surface area contributed by atoms with E-state index in [1.54, 1.807) is 7.11 Å². The molecular weight excluding hydrogens is 288 g/mol. The smallest absolute Gasteiger partial charge is 0.222 e. The Labute approximate surface area is 137 Å². The highest BCUT2D eigenvalue weighted by Crippen LogP contribution is 2.28. The molecule has 2 N–H and O–H groups in total. The van der Waals surface area contributed by atoms with Crippen LogP contribution < -0.4 is 15.4 Å². The number of anilines is 2. The Kier molecular flexibility index (Phi) is 4.37. The zero-order valence-corrected chi connectivity index (χ0v) is 14.0. The van der Waals surface area contributed by atoms with E-state index in [1.807, 2.05) is 19.1 Å². The first-order valence-corrected chi connectivity index (χ1v) is 8.05. The van der Waals surface area contributed by atoms with Gasteiger partial charge in [-0.2, -0.15) is 4.98 Å². The summed E-state index contributed by atoms with van der Waals surface area (Å²) in [4.78, 5) is 11.0. The second-order valence-corrected chi connectivity index (χ2v) is 6.27. The van der Waals surface area contributed by atoms with Gasteiger partial charge in [0.05, 0.1) is 7.11 Å². The van der Waals surface area contributed by atoms with Crippen molar-refractivity contribution in [1.82, 2.24) is 9.97 Å². The molecule has 1 unspecified atom stereocenters. The normalized spacial score (nSPS) is 17.5. The molecular formula is C18H24N4O. The number of hydrogen-bond donors (Lipinski definition) is 1. The van der Waals surface area contributed by atoms with Gasteiger partial charge in [0.15, 0.2) is 0 Å². The summed E-state index contributed by atoms with van der Waals surface area (Å²) >= 11 is 0. The zero-order valence-electron chi connectivity index (χ0n) is 14.0. The van der Waals surface area contributed by atoms with Crippen LogP contribution in [0.3, 0.4) is 0 Å². The minimum atomic E-state index is 0.363. The lowest BCUT2D eigenvalue weighted by Crippen LogP contribution is -2.23. The van der Waals surface area contributed by atoms with E-state index in [9.17, 15) is 0 Å². The van der Waals surface area contributed by atoms with Crippen LogP contribution >= 0.6 is 0 Å². The van der Waals surface area contributed by atoms with Gasteiger partial charge in [-0.3, -0.25) is 0 Å². The third kappa shape index (κ3) is 3.38. The Bertz CT molecular complexity index is 684. The molecule has 1 aliphatic heterocycles. The van der Waals surface area contributed by atoms with E-state index in [0.29, 0.717) is 11.9 Å². The van der Waals surface area contributed by atoms with Crippen LogP contribution in [0.5, 0.6) is 5.75 Å². The summed E-state index contributed by atoms with van der Waals surface area (Å²) in [5, 5.41) is 0. The van der Waals surface area contributed by atoms with Crippen molar-refractivity contribution < 1.29 is 4.74 Å². The molecule has 5 heteroatoms. The first-order valence-electron chi connectivity index (χ1n) is 8.05. The van der Waals surface area contributed by atoms with Gasteiger partial charge in [-0.25, -0.2) is 4.98 Å². The lowest BCUT2D eigenvalue weighted by Gasteiger charge is -2.20. The van der Waals surface area contributed by atoms with Crippen LogP contribution in [0.25, 0.3) is 0 Å². The molecule has 0 radical (unpaired) electrons. The van der Waals surface area contributed by atoms with Gasteiger partial charge in [0.25, 0.3) is 0 Å². The lowest BCUT2D eigenvalue weighted by molar-refractivity contribution is 0.414. The van der Waals surface area contributed by atoms with Crippen LogP contribution in [0, 0.1) is 19.8 Å². The van der Waals surface area contributed by atoms with Crippen LogP contribution in [-0.4, -0.2) is 30.2 Å². The maximum atomic E-state index is 5.82. The van der Waals surface area contributed by atoms with Crippen molar-refractivity contribution in [3.8, 4) is 5.75 Å². The Morgan fingerprint density at radius 2 is 1.96 bits per heavy atom. The van der Waals surface area contributed by atoms with Gasteiger partial charge in [0.1, 0.15) is 11.6 Å². The maximum Gasteiger partial charge on any atom is 0.222 e. The zero-order chi connectivity index (χ0) is 16.4. The first kappa shape index (κ1) is 15.6. The minimum absolute atomic E-state index is 0.363. The van der Waals surface area contributed by atoms with Crippen molar-refractivity contribution in [1.29, 1.82) is 0 Å². The third-order valence-electron chi connectivity index (χ3n) is 4.65.